The summed E-state index contributed by atoms with van der Waals surface area (Å²) in [4.78, 5) is 18.0. The summed E-state index contributed by atoms with van der Waals surface area (Å²) in [5, 5.41) is 0.766. The van der Waals surface area contributed by atoms with Crippen molar-refractivity contribution in [2.24, 2.45) is 29.6 Å². The summed E-state index contributed by atoms with van der Waals surface area (Å²) in [6.45, 7) is 2.68. The number of benzene rings is 2. The Morgan fingerprint density at radius 2 is 1.61 bits per heavy atom. The highest BCUT2D eigenvalue weighted by Gasteiger charge is 2.52. The number of carbonyl (C=O) groups is 1. The van der Waals surface area contributed by atoms with Crippen molar-refractivity contribution in [3.05, 3.63) is 53.1 Å². The van der Waals surface area contributed by atoms with Crippen LogP contribution in [-0.4, -0.2) is 55.5 Å². The standard InChI is InChI=1S/C32H41ClN2O2.ClH/c1-34(2)11-3-13-37-29-8-6-23(7-9-29)24-4-5-25(30(33)20-24)19-26-10-12-35(32(26)36)31-27-15-21-14-22(17-27)18-28(31)16-21;/h4-9,20-22,26-28,31H,3,10-19H2,1-2H3;1H. The Balaban J connectivity index is 0.00000294. The first-order valence-corrected chi connectivity index (χ1v) is 14.8. The summed E-state index contributed by atoms with van der Waals surface area (Å²) < 4.78 is 5.87. The summed E-state index contributed by atoms with van der Waals surface area (Å²) in [6, 6.07) is 15.1. The topological polar surface area (TPSA) is 32.8 Å². The third kappa shape index (κ3) is 5.74. The monoisotopic (exact) mass is 556 g/mol. The van der Waals surface area contributed by atoms with Gasteiger partial charge in [0.05, 0.1) is 6.61 Å². The molecule has 2 aromatic carbocycles. The molecule has 38 heavy (non-hydrogen) atoms. The van der Waals surface area contributed by atoms with E-state index in [0.717, 1.165) is 90.1 Å². The van der Waals surface area contributed by atoms with Crippen LogP contribution < -0.4 is 4.74 Å². The number of nitrogens with zero attached hydrogens (tertiary/aromatic N) is 2. The third-order valence-corrected chi connectivity index (χ3v) is 9.96. The lowest BCUT2D eigenvalue weighted by molar-refractivity contribution is -0.141. The Morgan fingerprint density at radius 3 is 2.24 bits per heavy atom. The highest BCUT2D eigenvalue weighted by molar-refractivity contribution is 6.31. The van der Waals surface area contributed by atoms with Crippen LogP contribution in [0.3, 0.4) is 0 Å². The highest BCUT2D eigenvalue weighted by Crippen LogP contribution is 2.55. The van der Waals surface area contributed by atoms with Crippen LogP contribution in [0.15, 0.2) is 42.5 Å². The minimum Gasteiger partial charge on any atom is -0.494 e. The quantitative estimate of drug-likeness (QED) is 0.312. The van der Waals surface area contributed by atoms with Crippen molar-refractivity contribution >= 4 is 29.9 Å². The molecule has 4 nitrogen and oxygen atoms in total. The van der Waals surface area contributed by atoms with Crippen LogP contribution in [0.5, 0.6) is 5.75 Å². The van der Waals surface area contributed by atoms with E-state index in [4.69, 9.17) is 16.3 Å². The molecule has 2 aromatic rings. The fourth-order valence-corrected chi connectivity index (χ4v) is 8.38. The summed E-state index contributed by atoms with van der Waals surface area (Å²) in [7, 11) is 4.16. The minimum absolute atomic E-state index is 0. The Labute approximate surface area is 239 Å². The van der Waals surface area contributed by atoms with Crippen LogP contribution in [0.1, 0.15) is 50.5 Å². The zero-order valence-electron chi connectivity index (χ0n) is 22.8. The van der Waals surface area contributed by atoms with Crippen LogP contribution in [0.25, 0.3) is 11.1 Å². The van der Waals surface area contributed by atoms with Gasteiger partial charge in [0, 0.05) is 30.1 Å². The molecular weight excluding hydrogens is 515 g/mol. The summed E-state index contributed by atoms with van der Waals surface area (Å²) in [5.74, 6) is 4.77. The number of rotatable bonds is 9. The summed E-state index contributed by atoms with van der Waals surface area (Å²) in [5.41, 5.74) is 3.32. The summed E-state index contributed by atoms with van der Waals surface area (Å²) in [6.07, 6.45) is 9.64. The maximum absolute atomic E-state index is 13.6. The Hall–Kier alpha value is -1.75. The number of halogens is 2. The molecular formula is C32H42Cl2N2O2. The SMILES string of the molecule is CN(C)CCCOc1ccc(-c2ccc(CC3CCN(C4C5CC6CC(C5)CC4C6)C3=O)c(Cl)c2)cc1.Cl. The van der Waals surface area contributed by atoms with E-state index in [0.29, 0.717) is 11.9 Å². The van der Waals surface area contributed by atoms with Crippen molar-refractivity contribution in [3.63, 3.8) is 0 Å². The van der Waals surface area contributed by atoms with Gasteiger partial charge >= 0.3 is 0 Å². The third-order valence-electron chi connectivity index (χ3n) is 9.61. The Morgan fingerprint density at radius 1 is 0.947 bits per heavy atom. The number of hydrogen-bond acceptors (Lipinski definition) is 3. The lowest BCUT2D eigenvalue weighted by atomic mass is 9.54. The van der Waals surface area contributed by atoms with Gasteiger partial charge in [0.15, 0.2) is 0 Å². The van der Waals surface area contributed by atoms with Crippen LogP contribution in [0, 0.1) is 29.6 Å². The maximum atomic E-state index is 13.6. The average Bonchev–Trinajstić information content (AvgIpc) is 3.22. The first kappa shape index (κ1) is 27.8. The normalized spacial score (nSPS) is 29.7. The first-order chi connectivity index (χ1) is 17.9. The fraction of sp³-hybridized carbons (Fsp3) is 0.594. The Kier molecular flexibility index (Phi) is 8.62. The van der Waals surface area contributed by atoms with Crippen molar-refractivity contribution in [1.29, 1.82) is 0 Å². The smallest absolute Gasteiger partial charge is 0.226 e. The predicted molar refractivity (Wildman–Crippen MR) is 157 cm³/mol. The Bertz CT molecular complexity index is 1090. The van der Waals surface area contributed by atoms with Gasteiger partial charge in [0.1, 0.15) is 5.75 Å². The number of likely N-dealkylation sites (tertiary alicyclic amines) is 1. The molecule has 1 heterocycles. The second kappa shape index (κ2) is 11.8. The van der Waals surface area contributed by atoms with Gasteiger partial charge in [0.2, 0.25) is 5.91 Å². The minimum atomic E-state index is 0. The van der Waals surface area contributed by atoms with E-state index < -0.39 is 0 Å². The number of carbonyl (C=O) groups excluding carboxylic acids is 1. The van der Waals surface area contributed by atoms with Crippen molar-refractivity contribution < 1.29 is 9.53 Å². The second-order valence-electron chi connectivity index (χ2n) is 12.5. The molecule has 4 aliphatic carbocycles. The molecule has 1 unspecified atom stereocenters. The molecule has 4 bridgehead atoms. The molecule has 1 amide bonds. The van der Waals surface area contributed by atoms with Crippen LogP contribution in [0.2, 0.25) is 5.02 Å². The molecule has 6 heteroatoms. The zero-order chi connectivity index (χ0) is 25.5. The molecule has 4 saturated carbocycles. The summed E-state index contributed by atoms with van der Waals surface area (Å²) >= 11 is 6.78. The highest BCUT2D eigenvalue weighted by atomic mass is 35.5. The second-order valence-corrected chi connectivity index (χ2v) is 12.9. The van der Waals surface area contributed by atoms with Crippen LogP contribution in [-0.2, 0) is 11.2 Å². The van der Waals surface area contributed by atoms with Gasteiger partial charge in [-0.2, -0.15) is 0 Å². The largest absolute Gasteiger partial charge is 0.494 e. The number of hydrogen-bond donors (Lipinski definition) is 0. The van der Waals surface area contributed by atoms with Crippen molar-refractivity contribution in [2.45, 2.75) is 57.4 Å². The van der Waals surface area contributed by atoms with E-state index in [1.165, 1.54) is 32.1 Å². The first-order valence-electron chi connectivity index (χ1n) is 14.4. The molecule has 0 radical (unpaired) electrons. The van der Waals surface area contributed by atoms with Crippen molar-refractivity contribution in [2.75, 3.05) is 33.8 Å². The maximum Gasteiger partial charge on any atom is 0.226 e. The zero-order valence-corrected chi connectivity index (χ0v) is 24.4. The molecule has 7 rings (SSSR count). The van der Waals surface area contributed by atoms with Gasteiger partial charge in [-0.15, -0.1) is 12.4 Å². The molecule has 5 aliphatic rings. The van der Waals surface area contributed by atoms with E-state index in [-0.39, 0.29) is 18.3 Å². The van der Waals surface area contributed by atoms with Gasteiger partial charge in [-0.25, -0.2) is 0 Å². The van der Waals surface area contributed by atoms with E-state index in [2.05, 4.69) is 54.2 Å². The van der Waals surface area contributed by atoms with Crippen LogP contribution in [0.4, 0.5) is 0 Å². The van der Waals surface area contributed by atoms with Gasteiger partial charge in [-0.3, -0.25) is 4.79 Å². The lowest BCUT2D eigenvalue weighted by Gasteiger charge is -2.56. The fourth-order valence-electron chi connectivity index (χ4n) is 8.13. The van der Waals surface area contributed by atoms with E-state index in [1.807, 2.05) is 12.1 Å². The molecule has 0 N–H and O–H groups in total. The van der Waals surface area contributed by atoms with Gasteiger partial charge < -0.3 is 14.5 Å². The van der Waals surface area contributed by atoms with Crippen molar-refractivity contribution in [1.82, 2.24) is 9.80 Å². The molecule has 1 aliphatic heterocycles. The molecule has 0 aromatic heterocycles. The predicted octanol–water partition coefficient (Wildman–Crippen LogP) is 6.98. The van der Waals surface area contributed by atoms with Crippen molar-refractivity contribution in [3.8, 4) is 16.9 Å². The van der Waals surface area contributed by atoms with Gasteiger partial charge in [-0.05, 0) is 124 Å². The van der Waals surface area contributed by atoms with E-state index in [9.17, 15) is 4.79 Å². The molecule has 206 valence electrons. The number of ether oxygens (including phenoxy) is 1. The van der Waals surface area contributed by atoms with Gasteiger partial charge in [-0.1, -0.05) is 35.9 Å². The van der Waals surface area contributed by atoms with Gasteiger partial charge in [0.25, 0.3) is 0 Å². The van der Waals surface area contributed by atoms with E-state index >= 15 is 0 Å². The average molecular weight is 558 g/mol. The molecule has 5 fully saturated rings. The molecule has 1 atom stereocenters. The molecule has 1 saturated heterocycles. The van der Waals surface area contributed by atoms with Crippen LogP contribution >= 0.6 is 24.0 Å². The molecule has 0 spiro atoms. The van der Waals surface area contributed by atoms with E-state index in [1.54, 1.807) is 0 Å². The number of amides is 1. The lowest BCUT2D eigenvalue weighted by Crippen LogP contribution is -2.56.